The second-order valence-corrected chi connectivity index (χ2v) is 4.05. The van der Waals surface area contributed by atoms with Gasteiger partial charge in [0.2, 0.25) is 0 Å². The predicted octanol–water partition coefficient (Wildman–Crippen LogP) is 2.66. The quantitative estimate of drug-likeness (QED) is 0.862. The van der Waals surface area contributed by atoms with E-state index in [0.717, 1.165) is 0 Å². The zero-order valence-corrected chi connectivity index (χ0v) is 9.97. The maximum absolute atomic E-state index is 13.4. The molecule has 1 N–H and O–H groups in total. The lowest BCUT2D eigenvalue weighted by Gasteiger charge is -2.09. The minimum atomic E-state index is -0.595. The summed E-state index contributed by atoms with van der Waals surface area (Å²) >= 11 is 3.00. The molecule has 0 aromatic heterocycles. The smallest absolute Gasteiger partial charge is 0.271 e. The van der Waals surface area contributed by atoms with Crippen LogP contribution in [0.2, 0.25) is 0 Å². The molecule has 0 aliphatic heterocycles. The molecule has 0 radical (unpaired) electrons. The molecule has 1 amide bonds. The molecule has 82 valence electrons. The second-order valence-electron chi connectivity index (χ2n) is 3.20. The van der Waals surface area contributed by atoms with Crippen LogP contribution < -0.4 is 5.48 Å². The van der Waals surface area contributed by atoms with E-state index in [2.05, 4.69) is 21.4 Å². The van der Waals surface area contributed by atoms with Gasteiger partial charge in [-0.15, -0.1) is 0 Å². The van der Waals surface area contributed by atoms with E-state index in [0.29, 0.717) is 0 Å². The van der Waals surface area contributed by atoms with Gasteiger partial charge >= 0.3 is 0 Å². The Kier molecular flexibility index (Phi) is 4.23. The second kappa shape index (κ2) is 5.23. The first-order chi connectivity index (χ1) is 7.02. The summed E-state index contributed by atoms with van der Waals surface area (Å²) < 4.78 is 13.7. The Morgan fingerprint density at radius 3 is 2.80 bits per heavy atom. The Morgan fingerprint density at radius 2 is 2.20 bits per heavy atom. The largest absolute Gasteiger partial charge is 0.277 e. The third kappa shape index (κ3) is 3.28. The molecule has 1 aromatic carbocycles. The summed E-state index contributed by atoms with van der Waals surface area (Å²) in [5.74, 6) is -1.19. The summed E-state index contributed by atoms with van der Waals surface area (Å²) in [6, 6.07) is 4.49. The average molecular weight is 276 g/mol. The van der Waals surface area contributed by atoms with Gasteiger partial charge in [-0.25, -0.2) is 9.87 Å². The zero-order valence-electron chi connectivity index (χ0n) is 8.38. The fourth-order valence-corrected chi connectivity index (χ4v) is 1.27. The van der Waals surface area contributed by atoms with E-state index in [1.54, 1.807) is 19.9 Å². The van der Waals surface area contributed by atoms with E-state index < -0.39 is 11.7 Å². The van der Waals surface area contributed by atoms with Gasteiger partial charge in [0.25, 0.3) is 5.91 Å². The third-order valence-corrected chi connectivity index (χ3v) is 2.20. The molecule has 3 nitrogen and oxygen atoms in total. The van der Waals surface area contributed by atoms with E-state index in [9.17, 15) is 9.18 Å². The molecule has 1 rings (SSSR count). The number of rotatable bonds is 3. The number of halogens is 2. The van der Waals surface area contributed by atoms with Crippen LogP contribution in [0.25, 0.3) is 0 Å². The first-order valence-corrected chi connectivity index (χ1v) is 5.21. The Balaban J connectivity index is 2.78. The van der Waals surface area contributed by atoms with Gasteiger partial charge in [-0.2, -0.15) is 0 Å². The number of benzene rings is 1. The number of hydroxylamine groups is 1. The maximum atomic E-state index is 13.4. The molecule has 0 saturated carbocycles. The van der Waals surface area contributed by atoms with Crippen LogP contribution in [0.15, 0.2) is 22.7 Å². The number of carbonyl (C=O) groups is 1. The summed E-state index contributed by atoms with van der Waals surface area (Å²) in [6.07, 6.45) is -0.149. The Hall–Kier alpha value is -0.940. The molecule has 0 atom stereocenters. The van der Waals surface area contributed by atoms with E-state index >= 15 is 0 Å². The number of hydrogen-bond donors (Lipinski definition) is 1. The van der Waals surface area contributed by atoms with Crippen molar-refractivity contribution in [1.82, 2.24) is 5.48 Å². The standard InChI is InChI=1S/C10H11BrFNO2/c1-6(2)15-13-10(14)7-4-3-5-8(11)9(7)12/h3-6H,1-2H3,(H,13,14). The summed E-state index contributed by atoms with van der Waals surface area (Å²) in [7, 11) is 0. The van der Waals surface area contributed by atoms with Crippen molar-refractivity contribution in [1.29, 1.82) is 0 Å². The fraction of sp³-hybridized carbons (Fsp3) is 0.300. The number of carbonyl (C=O) groups excluding carboxylic acids is 1. The molecule has 0 aliphatic rings. The fourth-order valence-electron chi connectivity index (χ4n) is 0.906. The van der Waals surface area contributed by atoms with Crippen LogP contribution in [0.3, 0.4) is 0 Å². The molecule has 0 spiro atoms. The molecule has 0 heterocycles. The topological polar surface area (TPSA) is 38.3 Å². The van der Waals surface area contributed by atoms with E-state index in [-0.39, 0.29) is 16.1 Å². The van der Waals surface area contributed by atoms with Crippen molar-refractivity contribution in [2.45, 2.75) is 20.0 Å². The predicted molar refractivity (Wildman–Crippen MR) is 57.8 cm³/mol. The molecule has 1 aromatic rings. The van der Waals surface area contributed by atoms with Gasteiger partial charge in [0.15, 0.2) is 0 Å². The molecule has 15 heavy (non-hydrogen) atoms. The maximum Gasteiger partial charge on any atom is 0.277 e. The lowest BCUT2D eigenvalue weighted by molar-refractivity contribution is -0.0000726. The van der Waals surface area contributed by atoms with Gasteiger partial charge in [0.1, 0.15) is 5.82 Å². The Morgan fingerprint density at radius 1 is 1.53 bits per heavy atom. The molecule has 0 saturated heterocycles. The lowest BCUT2D eigenvalue weighted by atomic mass is 10.2. The molecule has 0 unspecified atom stereocenters. The number of nitrogens with one attached hydrogen (secondary N) is 1. The van der Waals surface area contributed by atoms with Gasteiger partial charge in [0, 0.05) is 0 Å². The van der Waals surface area contributed by atoms with E-state index in [1.165, 1.54) is 12.1 Å². The SMILES string of the molecule is CC(C)ONC(=O)c1cccc(Br)c1F. The third-order valence-electron chi connectivity index (χ3n) is 1.58. The minimum absolute atomic E-state index is 0.0509. The molecular formula is C10H11BrFNO2. The highest BCUT2D eigenvalue weighted by Crippen LogP contribution is 2.18. The van der Waals surface area contributed by atoms with E-state index in [1.807, 2.05) is 0 Å². The summed E-state index contributed by atoms with van der Waals surface area (Å²) in [5.41, 5.74) is 2.12. The molecular weight excluding hydrogens is 265 g/mol. The Bertz CT molecular complexity index is 368. The Labute approximate surface area is 95.7 Å². The zero-order chi connectivity index (χ0) is 11.4. The molecule has 0 fully saturated rings. The van der Waals surface area contributed by atoms with Crippen LogP contribution in [-0.4, -0.2) is 12.0 Å². The van der Waals surface area contributed by atoms with Gasteiger partial charge in [-0.05, 0) is 41.9 Å². The monoisotopic (exact) mass is 275 g/mol. The highest BCUT2D eigenvalue weighted by atomic mass is 79.9. The number of amides is 1. The van der Waals surface area contributed by atoms with Crippen molar-refractivity contribution in [2.75, 3.05) is 0 Å². The molecule has 0 aliphatic carbocycles. The lowest BCUT2D eigenvalue weighted by Crippen LogP contribution is -2.27. The average Bonchev–Trinajstić information content (AvgIpc) is 2.18. The normalized spacial score (nSPS) is 10.5. The van der Waals surface area contributed by atoms with Crippen LogP contribution in [0.1, 0.15) is 24.2 Å². The molecule has 0 bridgehead atoms. The van der Waals surface area contributed by atoms with Crippen LogP contribution in [0.5, 0.6) is 0 Å². The summed E-state index contributed by atoms with van der Waals surface area (Å²) in [5, 5.41) is 0. The van der Waals surface area contributed by atoms with Gasteiger partial charge in [-0.3, -0.25) is 9.63 Å². The van der Waals surface area contributed by atoms with Gasteiger partial charge < -0.3 is 0 Å². The van der Waals surface area contributed by atoms with Crippen molar-refractivity contribution >= 4 is 21.8 Å². The van der Waals surface area contributed by atoms with Gasteiger partial charge in [0.05, 0.1) is 16.1 Å². The van der Waals surface area contributed by atoms with Crippen molar-refractivity contribution < 1.29 is 14.0 Å². The first kappa shape index (κ1) is 12.1. The van der Waals surface area contributed by atoms with Crippen molar-refractivity contribution in [3.05, 3.63) is 34.1 Å². The minimum Gasteiger partial charge on any atom is -0.271 e. The van der Waals surface area contributed by atoms with Crippen molar-refractivity contribution in [3.63, 3.8) is 0 Å². The van der Waals surface area contributed by atoms with Crippen LogP contribution in [-0.2, 0) is 4.84 Å². The first-order valence-electron chi connectivity index (χ1n) is 4.42. The highest BCUT2D eigenvalue weighted by Gasteiger charge is 2.13. The summed E-state index contributed by atoms with van der Waals surface area (Å²) in [4.78, 5) is 16.3. The van der Waals surface area contributed by atoms with Crippen molar-refractivity contribution in [2.24, 2.45) is 0 Å². The number of hydrogen-bond acceptors (Lipinski definition) is 2. The molecule has 5 heteroatoms. The summed E-state index contributed by atoms with van der Waals surface area (Å²) in [6.45, 7) is 3.52. The van der Waals surface area contributed by atoms with Crippen LogP contribution in [0, 0.1) is 5.82 Å². The van der Waals surface area contributed by atoms with Crippen molar-refractivity contribution in [3.8, 4) is 0 Å². The highest BCUT2D eigenvalue weighted by molar-refractivity contribution is 9.10. The van der Waals surface area contributed by atoms with Crippen LogP contribution >= 0.6 is 15.9 Å². The van der Waals surface area contributed by atoms with Gasteiger partial charge in [-0.1, -0.05) is 6.07 Å². The van der Waals surface area contributed by atoms with E-state index in [4.69, 9.17) is 4.84 Å². The van der Waals surface area contributed by atoms with Crippen LogP contribution in [0.4, 0.5) is 4.39 Å².